The molecular formula is C15H22N2O2. The van der Waals surface area contributed by atoms with Crippen molar-refractivity contribution < 1.29 is 9.53 Å². The van der Waals surface area contributed by atoms with Gasteiger partial charge in [-0.25, -0.2) is 0 Å². The third-order valence-electron chi connectivity index (χ3n) is 3.53. The van der Waals surface area contributed by atoms with Gasteiger partial charge < -0.3 is 15.8 Å². The average molecular weight is 262 g/mol. The molecule has 0 radical (unpaired) electrons. The van der Waals surface area contributed by atoms with Gasteiger partial charge in [-0.3, -0.25) is 4.79 Å². The Hall–Kier alpha value is -1.39. The number of piperidine rings is 1. The number of nitrogens with two attached hydrogens (primary N) is 1. The summed E-state index contributed by atoms with van der Waals surface area (Å²) in [4.78, 5) is 10.9. The Kier molecular flexibility index (Phi) is 5.36. The van der Waals surface area contributed by atoms with Crippen molar-refractivity contribution in [3.05, 3.63) is 35.4 Å². The molecule has 1 saturated heterocycles. The molecule has 0 spiro atoms. The van der Waals surface area contributed by atoms with Crippen molar-refractivity contribution in [3.63, 3.8) is 0 Å². The van der Waals surface area contributed by atoms with E-state index in [4.69, 9.17) is 10.5 Å². The van der Waals surface area contributed by atoms with Crippen LogP contribution in [0, 0.1) is 0 Å². The molecule has 4 heteroatoms. The van der Waals surface area contributed by atoms with Crippen molar-refractivity contribution in [3.8, 4) is 0 Å². The standard InChI is InChI=1S/C15H22N2O2/c16-15(18)13-6-4-12(5-7-13)11-19-10-8-14-3-1-2-9-17-14/h4-7,14,17H,1-3,8-11H2,(H2,16,18). The fraction of sp³-hybridized carbons (Fsp3) is 0.533. The van der Waals surface area contributed by atoms with Crippen LogP contribution in [-0.2, 0) is 11.3 Å². The molecule has 1 aromatic carbocycles. The van der Waals surface area contributed by atoms with Crippen molar-refractivity contribution >= 4 is 5.91 Å². The van der Waals surface area contributed by atoms with Crippen LogP contribution in [0.15, 0.2) is 24.3 Å². The number of hydrogen-bond acceptors (Lipinski definition) is 3. The molecule has 0 saturated carbocycles. The molecule has 1 aliphatic rings. The molecule has 19 heavy (non-hydrogen) atoms. The Morgan fingerprint density at radius 2 is 2.11 bits per heavy atom. The Bertz CT molecular complexity index is 397. The number of benzene rings is 1. The summed E-state index contributed by atoms with van der Waals surface area (Å²) in [6.07, 6.45) is 4.95. The lowest BCUT2D eigenvalue weighted by atomic mass is 10.0. The smallest absolute Gasteiger partial charge is 0.248 e. The van der Waals surface area contributed by atoms with Gasteiger partial charge in [-0.2, -0.15) is 0 Å². The number of carbonyl (C=O) groups is 1. The molecule has 0 bridgehead atoms. The van der Waals surface area contributed by atoms with Crippen molar-refractivity contribution in [2.24, 2.45) is 5.73 Å². The number of ether oxygens (including phenoxy) is 1. The van der Waals surface area contributed by atoms with Gasteiger partial charge in [-0.1, -0.05) is 18.6 Å². The Morgan fingerprint density at radius 1 is 1.32 bits per heavy atom. The average Bonchev–Trinajstić information content (AvgIpc) is 2.45. The molecule has 1 aromatic rings. The third-order valence-corrected chi connectivity index (χ3v) is 3.53. The molecule has 1 aliphatic heterocycles. The van der Waals surface area contributed by atoms with Gasteiger partial charge in [-0.05, 0) is 43.5 Å². The van der Waals surface area contributed by atoms with Crippen LogP contribution in [0.2, 0.25) is 0 Å². The number of primary amides is 1. The first-order valence-electron chi connectivity index (χ1n) is 6.95. The van der Waals surface area contributed by atoms with Crippen LogP contribution >= 0.6 is 0 Å². The molecule has 1 atom stereocenters. The minimum atomic E-state index is -0.393. The zero-order valence-electron chi connectivity index (χ0n) is 11.2. The highest BCUT2D eigenvalue weighted by Gasteiger charge is 2.11. The summed E-state index contributed by atoms with van der Waals surface area (Å²) in [5, 5.41) is 3.51. The lowest BCUT2D eigenvalue weighted by Gasteiger charge is -2.23. The molecule has 0 aromatic heterocycles. The van der Waals surface area contributed by atoms with Crippen LogP contribution in [-0.4, -0.2) is 25.1 Å². The number of nitrogens with one attached hydrogen (secondary N) is 1. The van der Waals surface area contributed by atoms with E-state index >= 15 is 0 Å². The highest BCUT2D eigenvalue weighted by atomic mass is 16.5. The fourth-order valence-corrected chi connectivity index (χ4v) is 2.35. The second-order valence-electron chi connectivity index (χ2n) is 5.05. The van der Waals surface area contributed by atoms with E-state index in [1.54, 1.807) is 12.1 Å². The van der Waals surface area contributed by atoms with Crippen molar-refractivity contribution in [1.29, 1.82) is 0 Å². The predicted octanol–water partition coefficient (Wildman–Crippen LogP) is 1.83. The second kappa shape index (κ2) is 7.26. The summed E-state index contributed by atoms with van der Waals surface area (Å²) in [6.45, 7) is 2.50. The van der Waals surface area contributed by atoms with Crippen molar-refractivity contribution in [2.75, 3.05) is 13.2 Å². The fourth-order valence-electron chi connectivity index (χ4n) is 2.35. The van der Waals surface area contributed by atoms with E-state index in [2.05, 4.69) is 5.32 Å². The minimum absolute atomic E-state index is 0.393. The Morgan fingerprint density at radius 3 is 2.74 bits per heavy atom. The van der Waals surface area contributed by atoms with E-state index < -0.39 is 5.91 Å². The van der Waals surface area contributed by atoms with E-state index in [-0.39, 0.29) is 0 Å². The maximum absolute atomic E-state index is 10.9. The SMILES string of the molecule is NC(=O)c1ccc(COCCC2CCCCN2)cc1. The molecule has 4 nitrogen and oxygen atoms in total. The van der Waals surface area contributed by atoms with Gasteiger partial charge in [0, 0.05) is 18.2 Å². The van der Waals surface area contributed by atoms with Crippen LogP contribution in [0.1, 0.15) is 41.6 Å². The van der Waals surface area contributed by atoms with Crippen LogP contribution in [0.4, 0.5) is 0 Å². The van der Waals surface area contributed by atoms with E-state index in [1.165, 1.54) is 19.3 Å². The highest BCUT2D eigenvalue weighted by molar-refractivity contribution is 5.92. The molecule has 104 valence electrons. The van der Waals surface area contributed by atoms with Gasteiger partial charge in [0.1, 0.15) is 0 Å². The second-order valence-corrected chi connectivity index (χ2v) is 5.05. The molecule has 3 N–H and O–H groups in total. The van der Waals surface area contributed by atoms with E-state index in [0.29, 0.717) is 18.2 Å². The minimum Gasteiger partial charge on any atom is -0.377 e. The Balaban J connectivity index is 1.66. The number of rotatable bonds is 6. The summed E-state index contributed by atoms with van der Waals surface area (Å²) >= 11 is 0. The lowest BCUT2D eigenvalue weighted by Crippen LogP contribution is -2.34. The van der Waals surface area contributed by atoms with Gasteiger partial charge in [0.15, 0.2) is 0 Å². The zero-order chi connectivity index (χ0) is 13.5. The van der Waals surface area contributed by atoms with Crippen LogP contribution in [0.25, 0.3) is 0 Å². The van der Waals surface area contributed by atoms with E-state index in [9.17, 15) is 4.79 Å². The summed E-state index contributed by atoms with van der Waals surface area (Å²) in [6, 6.07) is 7.87. The van der Waals surface area contributed by atoms with Crippen LogP contribution in [0.5, 0.6) is 0 Å². The zero-order valence-corrected chi connectivity index (χ0v) is 11.2. The van der Waals surface area contributed by atoms with Crippen molar-refractivity contribution in [2.45, 2.75) is 38.3 Å². The number of hydrogen-bond donors (Lipinski definition) is 2. The largest absolute Gasteiger partial charge is 0.377 e. The lowest BCUT2D eigenvalue weighted by molar-refractivity contribution is 0.0999. The first-order chi connectivity index (χ1) is 9.25. The molecular weight excluding hydrogens is 240 g/mol. The van der Waals surface area contributed by atoms with Crippen LogP contribution < -0.4 is 11.1 Å². The van der Waals surface area contributed by atoms with Crippen LogP contribution in [0.3, 0.4) is 0 Å². The van der Waals surface area contributed by atoms with E-state index in [1.807, 2.05) is 12.1 Å². The quantitative estimate of drug-likeness (QED) is 0.769. The molecule has 2 rings (SSSR count). The molecule has 1 fully saturated rings. The monoisotopic (exact) mass is 262 g/mol. The molecule has 1 heterocycles. The Labute approximate surface area is 114 Å². The topological polar surface area (TPSA) is 64.4 Å². The highest BCUT2D eigenvalue weighted by Crippen LogP contribution is 2.11. The van der Waals surface area contributed by atoms with Gasteiger partial charge >= 0.3 is 0 Å². The number of carbonyl (C=O) groups excluding carboxylic acids is 1. The molecule has 1 unspecified atom stereocenters. The van der Waals surface area contributed by atoms with E-state index in [0.717, 1.165) is 25.1 Å². The normalized spacial score (nSPS) is 19.3. The number of amides is 1. The summed E-state index contributed by atoms with van der Waals surface area (Å²) in [5.41, 5.74) is 6.80. The summed E-state index contributed by atoms with van der Waals surface area (Å²) in [5.74, 6) is -0.393. The maximum Gasteiger partial charge on any atom is 0.248 e. The molecule has 0 aliphatic carbocycles. The summed E-state index contributed by atoms with van der Waals surface area (Å²) < 4.78 is 5.67. The van der Waals surface area contributed by atoms with Gasteiger partial charge in [0.25, 0.3) is 0 Å². The van der Waals surface area contributed by atoms with Crippen molar-refractivity contribution in [1.82, 2.24) is 5.32 Å². The third kappa shape index (κ3) is 4.65. The summed E-state index contributed by atoms with van der Waals surface area (Å²) in [7, 11) is 0. The predicted molar refractivity (Wildman–Crippen MR) is 74.9 cm³/mol. The first-order valence-corrected chi connectivity index (χ1v) is 6.95. The van der Waals surface area contributed by atoms with Gasteiger partial charge in [0.2, 0.25) is 5.91 Å². The van der Waals surface area contributed by atoms with Gasteiger partial charge in [0.05, 0.1) is 6.61 Å². The molecule has 1 amide bonds. The maximum atomic E-state index is 10.9. The van der Waals surface area contributed by atoms with Gasteiger partial charge in [-0.15, -0.1) is 0 Å². The first kappa shape index (κ1) is 14.0.